The van der Waals surface area contributed by atoms with Gasteiger partial charge in [-0.2, -0.15) is 0 Å². The molecule has 2 aromatic heterocycles. The molecule has 4 aromatic rings. The van der Waals surface area contributed by atoms with Crippen LogP contribution in [0.15, 0.2) is 64.2 Å². The van der Waals surface area contributed by atoms with Gasteiger partial charge in [-0.3, -0.25) is 9.78 Å². The minimum atomic E-state index is -4.33. The summed E-state index contributed by atoms with van der Waals surface area (Å²) in [5, 5.41) is 11.0. The van der Waals surface area contributed by atoms with Gasteiger partial charge in [-0.1, -0.05) is 50.6 Å². The highest BCUT2D eigenvalue weighted by molar-refractivity contribution is 7.91. The molecule has 0 spiro atoms. The summed E-state index contributed by atoms with van der Waals surface area (Å²) in [6.07, 6.45) is 2.77. The summed E-state index contributed by atoms with van der Waals surface area (Å²) in [4.78, 5) is 32.0. The predicted octanol–water partition coefficient (Wildman–Crippen LogP) is 6.03. The van der Waals surface area contributed by atoms with E-state index in [0.717, 1.165) is 17.2 Å². The van der Waals surface area contributed by atoms with E-state index in [9.17, 15) is 18.0 Å². The molecule has 47 heavy (non-hydrogen) atoms. The van der Waals surface area contributed by atoms with Crippen molar-refractivity contribution in [3.8, 4) is 11.5 Å². The Hall–Kier alpha value is -4.36. The number of nitrogens with zero attached hydrogens (tertiary/aromatic N) is 4. The molecule has 11 nitrogen and oxygen atoms in total. The van der Waals surface area contributed by atoms with Crippen molar-refractivity contribution in [3.05, 3.63) is 88.3 Å². The number of alkyl carbamates (subject to hydrolysis) is 1. The van der Waals surface area contributed by atoms with Crippen LogP contribution in [0.4, 0.5) is 14.9 Å². The largest absolute Gasteiger partial charge is 0.444 e. The zero-order valence-electron chi connectivity index (χ0n) is 26.8. The van der Waals surface area contributed by atoms with Gasteiger partial charge in [-0.05, 0) is 68.1 Å². The number of pyridine rings is 1. The fourth-order valence-electron chi connectivity index (χ4n) is 4.95. The first-order valence-electron chi connectivity index (χ1n) is 14.8. The number of fused-ring (bicyclic) bond motifs is 1. The molecule has 0 unspecified atom stereocenters. The zero-order chi connectivity index (χ0) is 34.3. The van der Waals surface area contributed by atoms with Crippen molar-refractivity contribution in [1.82, 2.24) is 20.5 Å². The molecule has 0 aliphatic carbocycles. The maximum absolute atomic E-state index is 15.7. The van der Waals surface area contributed by atoms with Crippen molar-refractivity contribution < 1.29 is 31.6 Å². The van der Waals surface area contributed by atoms with Crippen molar-refractivity contribution >= 4 is 39.1 Å². The van der Waals surface area contributed by atoms with E-state index in [-0.39, 0.29) is 29.6 Å². The van der Waals surface area contributed by atoms with Gasteiger partial charge in [0.15, 0.2) is 9.84 Å². The Balaban J connectivity index is 1.59. The molecule has 0 fully saturated rings. The Morgan fingerprint density at radius 3 is 2.36 bits per heavy atom. The van der Waals surface area contributed by atoms with Gasteiger partial charge in [0, 0.05) is 22.8 Å². The van der Waals surface area contributed by atoms with Gasteiger partial charge in [-0.25, -0.2) is 17.6 Å². The van der Waals surface area contributed by atoms with E-state index >= 15 is 4.39 Å². The summed E-state index contributed by atoms with van der Waals surface area (Å²) in [6.45, 7) is 10.3. The van der Waals surface area contributed by atoms with E-state index in [1.54, 1.807) is 45.3 Å². The number of sulfone groups is 1. The van der Waals surface area contributed by atoms with Crippen LogP contribution < -0.4 is 10.2 Å². The number of rotatable bonds is 6. The smallest absolute Gasteiger partial charge is 0.408 e. The Morgan fingerprint density at radius 2 is 1.72 bits per heavy atom. The second-order valence-corrected chi connectivity index (χ2v) is 15.8. The molecule has 0 bridgehead atoms. The van der Waals surface area contributed by atoms with Gasteiger partial charge in [0.2, 0.25) is 5.89 Å². The monoisotopic (exact) mass is 683 g/mol. The summed E-state index contributed by atoms with van der Waals surface area (Å²) < 4.78 is 54.2. The van der Waals surface area contributed by atoms with E-state index in [1.165, 1.54) is 11.0 Å². The molecule has 2 amide bonds. The number of aromatic nitrogens is 3. The van der Waals surface area contributed by atoms with Crippen molar-refractivity contribution in [2.45, 2.75) is 76.5 Å². The minimum Gasteiger partial charge on any atom is -0.444 e. The zero-order valence-corrected chi connectivity index (χ0v) is 28.4. The van der Waals surface area contributed by atoms with Gasteiger partial charge >= 0.3 is 6.09 Å². The molecule has 14 heteroatoms. The van der Waals surface area contributed by atoms with Gasteiger partial charge in [-0.15, -0.1) is 10.2 Å². The Morgan fingerprint density at radius 1 is 1.04 bits per heavy atom. The van der Waals surface area contributed by atoms with E-state index in [0.29, 0.717) is 17.0 Å². The number of hydrogen-bond acceptors (Lipinski definition) is 9. The number of halogens is 2. The molecule has 248 valence electrons. The van der Waals surface area contributed by atoms with Crippen LogP contribution in [0.5, 0.6) is 0 Å². The number of carbonyl (C=O) groups excluding carboxylic acids is 2. The number of carbonyl (C=O) groups is 2. The summed E-state index contributed by atoms with van der Waals surface area (Å²) in [7, 11) is -4.33. The summed E-state index contributed by atoms with van der Waals surface area (Å²) in [5.74, 6) is -2.45. The summed E-state index contributed by atoms with van der Waals surface area (Å²) >= 11 is 6.03. The first kappa shape index (κ1) is 34.0. The Kier molecular flexibility index (Phi) is 9.17. The van der Waals surface area contributed by atoms with Crippen LogP contribution in [0.3, 0.4) is 0 Å². The number of nitrogens with one attached hydrogen (secondary N) is 1. The van der Waals surface area contributed by atoms with E-state index in [2.05, 4.69) is 20.5 Å². The van der Waals surface area contributed by atoms with Gasteiger partial charge in [0.25, 0.3) is 11.8 Å². The SMILES string of the molecule is CC(C)(C)OC(=O)N[C@H]1CS(=O)(=O)c2cc(F)c(-c3nnc(C(C)(C)C)o3)cc2N(Cc2cncc(Cc3ccc(Cl)cc3)c2)C1=O. The highest BCUT2D eigenvalue weighted by Crippen LogP contribution is 2.38. The third kappa shape index (κ3) is 7.96. The molecule has 3 heterocycles. The van der Waals surface area contributed by atoms with Crippen LogP contribution in [-0.2, 0) is 37.7 Å². The third-order valence-electron chi connectivity index (χ3n) is 7.13. The lowest BCUT2D eigenvalue weighted by Crippen LogP contribution is -2.51. The number of anilines is 1. The van der Waals surface area contributed by atoms with E-state index in [1.807, 2.05) is 39.0 Å². The van der Waals surface area contributed by atoms with Gasteiger partial charge < -0.3 is 19.4 Å². The molecular formula is C33H35ClFN5O6S. The summed E-state index contributed by atoms with van der Waals surface area (Å²) in [6, 6.07) is 9.68. The Bertz CT molecular complexity index is 1930. The van der Waals surface area contributed by atoms with E-state index < -0.39 is 55.4 Å². The molecule has 1 N–H and O–H groups in total. The second-order valence-electron chi connectivity index (χ2n) is 13.4. The van der Waals surface area contributed by atoms with Crippen molar-refractivity contribution in [2.24, 2.45) is 0 Å². The molecule has 0 saturated heterocycles. The van der Waals surface area contributed by atoms with Crippen LogP contribution in [0.1, 0.15) is 64.1 Å². The average molecular weight is 684 g/mol. The van der Waals surface area contributed by atoms with Crippen molar-refractivity contribution in [2.75, 3.05) is 10.7 Å². The summed E-state index contributed by atoms with van der Waals surface area (Å²) in [5.41, 5.74) is 0.610. The van der Waals surface area contributed by atoms with Crippen molar-refractivity contribution in [3.63, 3.8) is 0 Å². The molecule has 1 atom stereocenters. The maximum atomic E-state index is 15.7. The molecule has 1 aliphatic rings. The lowest BCUT2D eigenvalue weighted by atomic mass is 9.97. The second kappa shape index (κ2) is 12.7. The predicted molar refractivity (Wildman–Crippen MR) is 173 cm³/mol. The number of amides is 2. The standard InChI is InChI=1S/C33H35ClFN5O6S/c1-32(2,3)30-39-38-28(45-30)23-13-26-27(14-24(23)35)47(43,44)18-25(37-31(42)46-33(4,5)6)29(41)40(26)17-21-12-20(15-36-16-21)11-19-7-9-22(34)10-8-19/h7-10,12-16,25H,11,17-18H2,1-6H3,(H,37,42)/t25-/m0/s1. The first-order chi connectivity index (χ1) is 21.9. The molecule has 0 radical (unpaired) electrons. The van der Waals surface area contributed by atoms with Crippen molar-refractivity contribution in [1.29, 1.82) is 0 Å². The number of hydrogen-bond donors (Lipinski definition) is 1. The average Bonchev–Trinajstić information content (AvgIpc) is 3.44. The molecule has 5 rings (SSSR count). The van der Waals surface area contributed by atoms with Crippen LogP contribution in [0.2, 0.25) is 5.02 Å². The lowest BCUT2D eigenvalue weighted by molar-refractivity contribution is -0.120. The third-order valence-corrected chi connectivity index (χ3v) is 9.15. The van der Waals surface area contributed by atoms with Crippen LogP contribution in [0.25, 0.3) is 11.5 Å². The number of benzene rings is 2. The molecule has 2 aromatic carbocycles. The maximum Gasteiger partial charge on any atom is 0.408 e. The fraction of sp³-hybridized carbons (Fsp3) is 0.364. The van der Waals surface area contributed by atoms with Crippen LogP contribution in [0, 0.1) is 5.82 Å². The molecular weight excluding hydrogens is 649 g/mol. The quantitative estimate of drug-likeness (QED) is 0.258. The normalized spacial score (nSPS) is 16.4. The highest BCUT2D eigenvalue weighted by Gasteiger charge is 2.40. The van der Waals surface area contributed by atoms with Gasteiger partial charge in [0.1, 0.15) is 17.5 Å². The topological polar surface area (TPSA) is 145 Å². The lowest BCUT2D eigenvalue weighted by Gasteiger charge is -2.27. The first-order valence-corrected chi connectivity index (χ1v) is 16.8. The highest BCUT2D eigenvalue weighted by atomic mass is 35.5. The van der Waals surface area contributed by atoms with E-state index in [4.69, 9.17) is 20.8 Å². The Labute approximate surface area is 277 Å². The molecule has 0 saturated carbocycles. The number of ether oxygens (including phenoxy) is 1. The minimum absolute atomic E-state index is 0.112. The van der Waals surface area contributed by atoms with Crippen LogP contribution >= 0.6 is 11.6 Å². The van der Waals surface area contributed by atoms with Crippen LogP contribution in [-0.4, -0.2) is 53.0 Å². The van der Waals surface area contributed by atoms with Gasteiger partial charge in [0.05, 0.1) is 28.4 Å². The molecule has 1 aliphatic heterocycles. The fourth-order valence-corrected chi connectivity index (χ4v) is 6.69.